The van der Waals surface area contributed by atoms with E-state index in [0.29, 0.717) is 19.7 Å². The highest BCUT2D eigenvalue weighted by Gasteiger charge is 2.26. The minimum Gasteiger partial charge on any atom is -0.395 e. The van der Waals surface area contributed by atoms with E-state index in [1.807, 2.05) is 4.90 Å². The number of aliphatic hydroxyl groups excluding tert-OH is 1. The molecule has 1 aliphatic heterocycles. The van der Waals surface area contributed by atoms with Crippen LogP contribution in [-0.4, -0.2) is 59.9 Å². The van der Waals surface area contributed by atoms with Crippen LogP contribution in [0.25, 0.3) is 0 Å². The molecule has 1 aliphatic rings. The van der Waals surface area contributed by atoms with Gasteiger partial charge in [-0.25, -0.2) is 9.97 Å². The van der Waals surface area contributed by atoms with Gasteiger partial charge in [0.2, 0.25) is 0 Å². The van der Waals surface area contributed by atoms with Crippen LogP contribution in [0.3, 0.4) is 0 Å². The summed E-state index contributed by atoms with van der Waals surface area (Å²) in [4.78, 5) is 21.6. The van der Waals surface area contributed by atoms with Gasteiger partial charge in [-0.05, 0) is 0 Å². The van der Waals surface area contributed by atoms with E-state index in [0.717, 1.165) is 5.69 Å². The number of carbonyl (C=O) groups is 1. The predicted octanol–water partition coefficient (Wildman–Crippen LogP) is -1.21. The molecule has 2 rings (SSSR count). The number of rotatable bonds is 4. The molecule has 7 heteroatoms. The number of ether oxygens (including phenoxy) is 1. The number of anilines is 1. The summed E-state index contributed by atoms with van der Waals surface area (Å²) in [5.41, 5.74) is 0.876. The van der Waals surface area contributed by atoms with Gasteiger partial charge >= 0.3 is 0 Å². The fourth-order valence-electron chi connectivity index (χ4n) is 1.79. The second-order valence-corrected chi connectivity index (χ2v) is 3.92. The van der Waals surface area contributed by atoms with Crippen molar-refractivity contribution in [3.05, 3.63) is 18.7 Å². The number of nitrogens with zero attached hydrogens (tertiary/aromatic N) is 3. The van der Waals surface area contributed by atoms with E-state index in [9.17, 15) is 4.79 Å². The van der Waals surface area contributed by atoms with E-state index in [1.165, 1.54) is 6.33 Å². The van der Waals surface area contributed by atoms with Gasteiger partial charge in [0.1, 0.15) is 6.33 Å². The number of amides is 1. The average molecular weight is 252 g/mol. The third-order valence-corrected chi connectivity index (χ3v) is 2.68. The molecule has 98 valence electrons. The first-order valence-electron chi connectivity index (χ1n) is 5.81. The summed E-state index contributed by atoms with van der Waals surface area (Å²) in [6.07, 6.45) is 4.36. The fraction of sp³-hybridized carbons (Fsp3) is 0.545. The van der Waals surface area contributed by atoms with Gasteiger partial charge in [-0.1, -0.05) is 0 Å². The van der Waals surface area contributed by atoms with Crippen molar-refractivity contribution in [2.45, 2.75) is 6.10 Å². The van der Waals surface area contributed by atoms with Gasteiger partial charge in [0.05, 0.1) is 37.8 Å². The summed E-state index contributed by atoms with van der Waals surface area (Å²) in [7, 11) is 0. The quantitative estimate of drug-likeness (QED) is 0.699. The Morgan fingerprint density at radius 1 is 1.56 bits per heavy atom. The number of morpholine rings is 1. The van der Waals surface area contributed by atoms with E-state index in [4.69, 9.17) is 9.84 Å². The maximum atomic E-state index is 11.7. The number of aromatic nitrogens is 2. The van der Waals surface area contributed by atoms with Gasteiger partial charge in [-0.2, -0.15) is 0 Å². The Bertz CT molecular complexity index is 387. The topological polar surface area (TPSA) is 87.6 Å². The molecule has 0 radical (unpaired) electrons. The van der Waals surface area contributed by atoms with E-state index in [-0.39, 0.29) is 19.1 Å². The van der Waals surface area contributed by atoms with Crippen molar-refractivity contribution in [2.75, 3.05) is 37.7 Å². The normalized spacial score (nSPS) is 19.6. The number of nitrogens with one attached hydrogen (secondary N) is 1. The molecule has 1 atom stereocenters. The lowest BCUT2D eigenvalue weighted by atomic mass is 10.2. The van der Waals surface area contributed by atoms with E-state index >= 15 is 0 Å². The molecule has 0 aromatic carbocycles. The summed E-state index contributed by atoms with van der Waals surface area (Å²) in [6.45, 7) is 1.82. The third-order valence-electron chi connectivity index (χ3n) is 2.68. The van der Waals surface area contributed by atoms with Crippen LogP contribution in [0.5, 0.6) is 0 Å². The lowest BCUT2D eigenvalue weighted by Gasteiger charge is -2.33. The van der Waals surface area contributed by atoms with Crippen molar-refractivity contribution in [1.29, 1.82) is 0 Å². The fourth-order valence-corrected chi connectivity index (χ4v) is 1.79. The molecule has 0 spiro atoms. The maximum absolute atomic E-state index is 11.7. The summed E-state index contributed by atoms with van der Waals surface area (Å²) >= 11 is 0. The number of hydrogen-bond acceptors (Lipinski definition) is 6. The highest BCUT2D eigenvalue weighted by Crippen LogP contribution is 2.15. The zero-order valence-corrected chi connectivity index (χ0v) is 9.95. The summed E-state index contributed by atoms with van der Waals surface area (Å²) in [6, 6.07) is 0. The van der Waals surface area contributed by atoms with E-state index in [1.54, 1.807) is 12.4 Å². The van der Waals surface area contributed by atoms with Gasteiger partial charge in [0.25, 0.3) is 5.91 Å². The molecule has 18 heavy (non-hydrogen) atoms. The Morgan fingerprint density at radius 2 is 2.33 bits per heavy atom. The molecular weight excluding hydrogens is 236 g/mol. The average Bonchev–Trinajstić information content (AvgIpc) is 2.46. The highest BCUT2D eigenvalue weighted by atomic mass is 16.5. The van der Waals surface area contributed by atoms with Crippen molar-refractivity contribution >= 4 is 11.6 Å². The molecule has 1 saturated heterocycles. The lowest BCUT2D eigenvalue weighted by Crippen LogP contribution is -2.50. The van der Waals surface area contributed by atoms with Crippen LogP contribution in [0.2, 0.25) is 0 Å². The standard InChI is InChI=1S/C11H16N4O3/c16-3-1-14-11(17)10-7-15(2-4-18-10)9-5-12-8-13-6-9/h5-6,8,10,16H,1-4,7H2,(H,14,17)/t10-/m0/s1. The molecule has 1 aromatic rings. The molecule has 2 N–H and O–H groups in total. The molecule has 1 aromatic heterocycles. The van der Waals surface area contributed by atoms with E-state index in [2.05, 4.69) is 15.3 Å². The zero-order valence-electron chi connectivity index (χ0n) is 9.95. The van der Waals surface area contributed by atoms with Crippen molar-refractivity contribution in [1.82, 2.24) is 15.3 Å². The molecule has 2 heterocycles. The van der Waals surface area contributed by atoms with Gasteiger partial charge in [0, 0.05) is 13.1 Å². The molecular formula is C11H16N4O3. The lowest BCUT2D eigenvalue weighted by molar-refractivity contribution is -0.133. The molecule has 1 amide bonds. The number of hydrogen-bond donors (Lipinski definition) is 2. The predicted molar refractivity (Wildman–Crippen MR) is 64.1 cm³/mol. The summed E-state index contributed by atoms with van der Waals surface area (Å²) in [5.74, 6) is -0.203. The first kappa shape index (κ1) is 12.7. The minimum absolute atomic E-state index is 0.0747. The SMILES string of the molecule is O=C(NCCO)[C@@H]1CN(c2cncnc2)CCO1. The van der Waals surface area contributed by atoms with Gasteiger partial charge in [-0.3, -0.25) is 4.79 Å². The third kappa shape index (κ3) is 3.14. The maximum Gasteiger partial charge on any atom is 0.251 e. The molecule has 0 bridgehead atoms. The van der Waals surface area contributed by atoms with Crippen molar-refractivity contribution in [3.63, 3.8) is 0 Å². The summed E-state index contributed by atoms with van der Waals surface area (Å²) < 4.78 is 5.41. The molecule has 0 saturated carbocycles. The van der Waals surface area contributed by atoms with Gasteiger partial charge in [0.15, 0.2) is 6.10 Å². The van der Waals surface area contributed by atoms with Crippen LogP contribution in [-0.2, 0) is 9.53 Å². The molecule has 1 fully saturated rings. The van der Waals surface area contributed by atoms with Crippen LogP contribution >= 0.6 is 0 Å². The Labute approximate surface area is 105 Å². The second-order valence-electron chi connectivity index (χ2n) is 3.92. The van der Waals surface area contributed by atoms with Crippen LogP contribution in [0.4, 0.5) is 5.69 Å². The number of aliphatic hydroxyl groups is 1. The Morgan fingerprint density at radius 3 is 3.06 bits per heavy atom. The first-order chi connectivity index (χ1) is 8.81. The van der Waals surface area contributed by atoms with Gasteiger partial charge < -0.3 is 20.1 Å². The van der Waals surface area contributed by atoms with Crippen LogP contribution in [0, 0.1) is 0 Å². The number of carbonyl (C=O) groups excluding carboxylic acids is 1. The first-order valence-corrected chi connectivity index (χ1v) is 5.81. The van der Waals surface area contributed by atoms with Crippen molar-refractivity contribution in [2.24, 2.45) is 0 Å². The van der Waals surface area contributed by atoms with Crippen LogP contribution < -0.4 is 10.2 Å². The molecule has 7 nitrogen and oxygen atoms in total. The van der Waals surface area contributed by atoms with Crippen molar-refractivity contribution in [3.8, 4) is 0 Å². The Kier molecular flexibility index (Phi) is 4.43. The monoisotopic (exact) mass is 252 g/mol. The Hall–Kier alpha value is -1.73. The van der Waals surface area contributed by atoms with E-state index < -0.39 is 6.10 Å². The van der Waals surface area contributed by atoms with Crippen LogP contribution in [0.15, 0.2) is 18.7 Å². The van der Waals surface area contributed by atoms with Crippen LogP contribution in [0.1, 0.15) is 0 Å². The smallest absolute Gasteiger partial charge is 0.251 e. The van der Waals surface area contributed by atoms with Gasteiger partial charge in [-0.15, -0.1) is 0 Å². The largest absolute Gasteiger partial charge is 0.395 e. The molecule has 0 unspecified atom stereocenters. The second kappa shape index (κ2) is 6.27. The molecule has 0 aliphatic carbocycles. The zero-order chi connectivity index (χ0) is 12.8. The van der Waals surface area contributed by atoms with Crippen molar-refractivity contribution < 1.29 is 14.6 Å². The summed E-state index contributed by atoms with van der Waals surface area (Å²) in [5, 5.41) is 11.3. The Balaban J connectivity index is 1.94. The minimum atomic E-state index is -0.523. The highest BCUT2D eigenvalue weighted by molar-refractivity contribution is 5.81.